The molecule has 1 atom stereocenters. The lowest BCUT2D eigenvalue weighted by Gasteiger charge is -2.23. The van der Waals surface area contributed by atoms with E-state index in [2.05, 4.69) is 15.5 Å². The zero-order chi connectivity index (χ0) is 17.4. The summed E-state index contributed by atoms with van der Waals surface area (Å²) in [5.74, 6) is 0.0867. The van der Waals surface area contributed by atoms with Crippen molar-refractivity contribution < 1.29 is 9.59 Å². The summed E-state index contributed by atoms with van der Waals surface area (Å²) in [5, 5.41) is 12.8. The second kappa shape index (κ2) is 6.72. The Morgan fingerprint density at radius 3 is 2.68 bits per heavy atom. The Morgan fingerprint density at radius 1 is 1.16 bits per heavy atom. The molecule has 4 rings (SSSR count). The van der Waals surface area contributed by atoms with E-state index in [0.717, 1.165) is 35.6 Å². The van der Waals surface area contributed by atoms with Crippen LogP contribution in [0.1, 0.15) is 63.6 Å². The number of amides is 3. The van der Waals surface area contributed by atoms with Crippen molar-refractivity contribution in [2.75, 3.05) is 11.9 Å². The van der Waals surface area contributed by atoms with E-state index in [0.29, 0.717) is 22.5 Å². The number of nitrogens with two attached hydrogens (primary N) is 1. The summed E-state index contributed by atoms with van der Waals surface area (Å²) in [6, 6.07) is 3.44. The normalized spacial score (nSPS) is 20.5. The molecule has 3 amide bonds. The maximum absolute atomic E-state index is 12.7. The number of hydrogen-bond acceptors (Lipinski definition) is 6. The lowest BCUT2D eigenvalue weighted by molar-refractivity contribution is 0.100. The molecular weight excluding hydrogens is 358 g/mol. The van der Waals surface area contributed by atoms with Crippen LogP contribution in [0.5, 0.6) is 0 Å². The molecule has 25 heavy (non-hydrogen) atoms. The third-order valence-electron chi connectivity index (χ3n) is 4.82. The zero-order valence-electron chi connectivity index (χ0n) is 13.6. The summed E-state index contributed by atoms with van der Waals surface area (Å²) < 4.78 is 0. The number of thiophene rings is 1. The minimum Gasteiger partial charge on any atom is -0.365 e. The molecule has 1 saturated carbocycles. The number of carbonyl (C=O) groups is 2. The van der Waals surface area contributed by atoms with E-state index in [1.165, 1.54) is 29.1 Å². The van der Waals surface area contributed by atoms with Gasteiger partial charge in [-0.15, -0.1) is 21.5 Å². The topological polar surface area (TPSA) is 101 Å². The van der Waals surface area contributed by atoms with Crippen LogP contribution in [-0.2, 0) is 0 Å². The van der Waals surface area contributed by atoms with Gasteiger partial charge in [0, 0.05) is 17.3 Å². The lowest BCUT2D eigenvalue weighted by atomic mass is 9.86. The average molecular weight is 377 g/mol. The molecule has 0 bridgehead atoms. The zero-order valence-corrected chi connectivity index (χ0v) is 15.2. The Morgan fingerprint density at radius 2 is 2.00 bits per heavy atom. The SMILES string of the molecule is NC(=O)c1ccc(C2CCCN2C(=O)Nc2nnc(C3CCC3)s2)s1. The molecule has 1 unspecified atom stereocenters. The van der Waals surface area contributed by atoms with Gasteiger partial charge in [-0.3, -0.25) is 10.1 Å². The predicted molar refractivity (Wildman–Crippen MR) is 97.0 cm³/mol. The Balaban J connectivity index is 1.44. The quantitative estimate of drug-likeness (QED) is 0.853. The van der Waals surface area contributed by atoms with Crippen molar-refractivity contribution in [1.29, 1.82) is 0 Å². The van der Waals surface area contributed by atoms with Gasteiger partial charge in [-0.2, -0.15) is 0 Å². The second-order valence-electron chi connectivity index (χ2n) is 6.42. The summed E-state index contributed by atoms with van der Waals surface area (Å²) in [6.45, 7) is 0.689. The smallest absolute Gasteiger partial charge is 0.324 e. The van der Waals surface area contributed by atoms with Gasteiger partial charge in [-0.1, -0.05) is 17.8 Å². The minimum absolute atomic E-state index is 0.0166. The number of likely N-dealkylation sites (tertiary alicyclic amines) is 1. The van der Waals surface area contributed by atoms with Crippen LogP contribution < -0.4 is 11.1 Å². The number of rotatable bonds is 4. The molecule has 7 nitrogen and oxygen atoms in total. The second-order valence-corrected chi connectivity index (χ2v) is 8.55. The van der Waals surface area contributed by atoms with Crippen molar-refractivity contribution in [3.05, 3.63) is 26.9 Å². The summed E-state index contributed by atoms with van der Waals surface area (Å²) in [6.07, 6.45) is 5.39. The first-order valence-electron chi connectivity index (χ1n) is 8.42. The van der Waals surface area contributed by atoms with Crippen molar-refractivity contribution in [3.8, 4) is 0 Å². The highest BCUT2D eigenvalue weighted by Crippen LogP contribution is 2.39. The van der Waals surface area contributed by atoms with Crippen molar-refractivity contribution in [2.24, 2.45) is 5.73 Å². The maximum atomic E-state index is 12.7. The van der Waals surface area contributed by atoms with Crippen LogP contribution >= 0.6 is 22.7 Å². The van der Waals surface area contributed by atoms with Gasteiger partial charge in [-0.05, 0) is 37.8 Å². The number of hydrogen-bond donors (Lipinski definition) is 2. The van der Waals surface area contributed by atoms with Crippen LogP contribution in [0.3, 0.4) is 0 Å². The molecule has 0 radical (unpaired) electrons. The average Bonchev–Trinajstić information content (AvgIpc) is 3.25. The number of nitrogens with zero attached hydrogens (tertiary/aromatic N) is 3. The van der Waals surface area contributed by atoms with Crippen molar-refractivity contribution in [2.45, 2.75) is 44.1 Å². The van der Waals surface area contributed by atoms with E-state index < -0.39 is 5.91 Å². The van der Waals surface area contributed by atoms with E-state index >= 15 is 0 Å². The van der Waals surface area contributed by atoms with Crippen LogP contribution in [0, 0.1) is 0 Å². The molecular formula is C16H19N5O2S2. The fraction of sp³-hybridized carbons (Fsp3) is 0.500. The molecule has 2 aliphatic rings. The number of carbonyl (C=O) groups excluding carboxylic acids is 2. The summed E-state index contributed by atoms with van der Waals surface area (Å²) in [7, 11) is 0. The Kier molecular flexibility index (Phi) is 4.43. The van der Waals surface area contributed by atoms with Gasteiger partial charge in [0.15, 0.2) is 0 Å². The van der Waals surface area contributed by atoms with Gasteiger partial charge in [0.2, 0.25) is 5.13 Å². The van der Waals surface area contributed by atoms with Gasteiger partial charge in [0.25, 0.3) is 5.91 Å². The Labute approximate surface area is 153 Å². The summed E-state index contributed by atoms with van der Waals surface area (Å²) >= 11 is 2.83. The largest absolute Gasteiger partial charge is 0.365 e. The molecule has 2 aromatic rings. The number of aromatic nitrogens is 2. The van der Waals surface area contributed by atoms with E-state index in [-0.39, 0.29) is 12.1 Å². The predicted octanol–water partition coefficient (Wildman–Crippen LogP) is 3.34. The number of urea groups is 1. The van der Waals surface area contributed by atoms with E-state index in [9.17, 15) is 9.59 Å². The van der Waals surface area contributed by atoms with Crippen LogP contribution in [0.25, 0.3) is 0 Å². The Bertz CT molecular complexity index is 798. The van der Waals surface area contributed by atoms with Crippen LogP contribution in [0.4, 0.5) is 9.93 Å². The first kappa shape index (κ1) is 16.5. The van der Waals surface area contributed by atoms with E-state index in [1.54, 1.807) is 11.0 Å². The van der Waals surface area contributed by atoms with Crippen LogP contribution in [-0.4, -0.2) is 33.6 Å². The maximum Gasteiger partial charge on any atom is 0.324 e. The van der Waals surface area contributed by atoms with Crippen molar-refractivity contribution in [1.82, 2.24) is 15.1 Å². The monoisotopic (exact) mass is 377 g/mol. The molecule has 1 aliphatic heterocycles. The highest BCUT2D eigenvalue weighted by Gasteiger charge is 2.32. The van der Waals surface area contributed by atoms with E-state index in [1.807, 2.05) is 6.07 Å². The first-order chi connectivity index (χ1) is 12.1. The molecule has 2 fully saturated rings. The van der Waals surface area contributed by atoms with Crippen molar-refractivity contribution >= 4 is 39.7 Å². The third kappa shape index (κ3) is 3.25. The van der Waals surface area contributed by atoms with E-state index in [4.69, 9.17) is 5.73 Å². The van der Waals surface area contributed by atoms with Crippen LogP contribution in [0.2, 0.25) is 0 Å². The molecule has 1 aliphatic carbocycles. The standard InChI is InChI=1S/C16H19N5O2S2/c17-13(22)12-7-6-11(24-12)10-5-2-8-21(10)16(23)18-15-20-19-14(25-15)9-3-1-4-9/h6-7,9-10H,1-5,8H2,(H2,17,22)(H,18,20,23). The van der Waals surface area contributed by atoms with Crippen molar-refractivity contribution in [3.63, 3.8) is 0 Å². The van der Waals surface area contributed by atoms with Gasteiger partial charge >= 0.3 is 6.03 Å². The van der Waals surface area contributed by atoms with Gasteiger partial charge in [0.05, 0.1) is 10.9 Å². The number of primary amides is 1. The van der Waals surface area contributed by atoms with Gasteiger partial charge in [0.1, 0.15) is 5.01 Å². The molecule has 2 aromatic heterocycles. The first-order valence-corrected chi connectivity index (χ1v) is 10.1. The highest BCUT2D eigenvalue weighted by atomic mass is 32.1. The number of nitrogens with one attached hydrogen (secondary N) is 1. The number of anilines is 1. The molecule has 3 N–H and O–H groups in total. The molecule has 1 saturated heterocycles. The highest BCUT2D eigenvalue weighted by molar-refractivity contribution is 7.15. The fourth-order valence-electron chi connectivity index (χ4n) is 3.24. The fourth-order valence-corrected chi connectivity index (χ4v) is 5.15. The molecule has 132 valence electrons. The summed E-state index contributed by atoms with van der Waals surface area (Å²) in [5.41, 5.74) is 5.33. The van der Waals surface area contributed by atoms with Crippen LogP contribution in [0.15, 0.2) is 12.1 Å². The minimum atomic E-state index is -0.428. The van der Waals surface area contributed by atoms with Gasteiger partial charge < -0.3 is 10.6 Å². The third-order valence-corrected chi connectivity index (χ3v) is 7.02. The molecule has 0 spiro atoms. The summed E-state index contributed by atoms with van der Waals surface area (Å²) in [4.78, 5) is 27.3. The molecule has 3 heterocycles. The lowest BCUT2D eigenvalue weighted by Crippen LogP contribution is -2.34. The molecule has 9 heteroatoms. The Hall–Kier alpha value is -2.00. The van der Waals surface area contributed by atoms with Gasteiger partial charge in [-0.25, -0.2) is 4.79 Å². The molecule has 0 aromatic carbocycles.